The van der Waals surface area contributed by atoms with Gasteiger partial charge in [0.25, 0.3) is 0 Å². The zero-order chi connectivity index (χ0) is 15.3. The van der Waals surface area contributed by atoms with Gasteiger partial charge in [-0.15, -0.1) is 0 Å². The number of ether oxygens (including phenoxy) is 1. The van der Waals surface area contributed by atoms with Crippen LogP contribution in [0.5, 0.6) is 5.75 Å². The molecule has 0 heterocycles. The van der Waals surface area contributed by atoms with E-state index in [9.17, 15) is 13.2 Å². The van der Waals surface area contributed by atoms with Gasteiger partial charge in [0.2, 0.25) is 0 Å². The minimum Gasteiger partial charge on any atom is -0.496 e. The second-order valence-electron chi connectivity index (χ2n) is 4.44. The van der Waals surface area contributed by atoms with Gasteiger partial charge in [-0.3, -0.25) is 0 Å². The second kappa shape index (κ2) is 6.81. The molecule has 0 unspecified atom stereocenters. The molecular formula is C13H19F3N2O2. The number of alkyl halides is 3. The van der Waals surface area contributed by atoms with Gasteiger partial charge >= 0.3 is 6.18 Å². The molecule has 114 valence electrons. The lowest BCUT2D eigenvalue weighted by molar-refractivity contribution is -0.119. The molecule has 0 saturated carbocycles. The Labute approximate surface area is 115 Å². The summed E-state index contributed by atoms with van der Waals surface area (Å²) in [5, 5.41) is 8.98. The maximum absolute atomic E-state index is 12.6. The number of hydrogen-bond donors (Lipinski definition) is 2. The number of methoxy groups -OCH3 is 1. The first-order chi connectivity index (χ1) is 9.30. The number of halogens is 3. The van der Waals surface area contributed by atoms with Crippen molar-refractivity contribution in [2.45, 2.75) is 19.1 Å². The average Bonchev–Trinajstić information content (AvgIpc) is 2.35. The van der Waals surface area contributed by atoms with Crippen molar-refractivity contribution in [3.63, 3.8) is 0 Å². The van der Waals surface area contributed by atoms with Crippen LogP contribution in [0.25, 0.3) is 0 Å². The summed E-state index contributed by atoms with van der Waals surface area (Å²) in [6, 6.07) is 4.30. The molecule has 0 radical (unpaired) electrons. The number of anilines is 1. The topological polar surface area (TPSA) is 58.7 Å². The first kappa shape index (κ1) is 16.6. The van der Waals surface area contributed by atoms with Gasteiger partial charge in [-0.1, -0.05) is 6.07 Å². The van der Waals surface area contributed by atoms with Crippen LogP contribution in [0.4, 0.5) is 18.9 Å². The summed E-state index contributed by atoms with van der Waals surface area (Å²) in [4.78, 5) is 1.06. The van der Waals surface area contributed by atoms with Crippen LogP contribution in [0.15, 0.2) is 18.2 Å². The fraction of sp³-hybridized carbons (Fsp3) is 0.538. The maximum Gasteiger partial charge on any atom is 0.405 e. The van der Waals surface area contributed by atoms with Crippen molar-refractivity contribution in [3.8, 4) is 5.75 Å². The van der Waals surface area contributed by atoms with E-state index in [1.54, 1.807) is 25.1 Å². The van der Waals surface area contributed by atoms with Gasteiger partial charge in [0.1, 0.15) is 12.3 Å². The molecule has 1 aromatic carbocycles. The van der Waals surface area contributed by atoms with Crippen molar-refractivity contribution < 1.29 is 23.0 Å². The number of nitrogens with two attached hydrogens (primary N) is 1. The highest BCUT2D eigenvalue weighted by atomic mass is 19.4. The number of benzene rings is 1. The van der Waals surface area contributed by atoms with Crippen molar-refractivity contribution in [2.75, 3.05) is 31.7 Å². The Balaban J connectivity index is 3.25. The van der Waals surface area contributed by atoms with E-state index in [1.165, 1.54) is 7.11 Å². The van der Waals surface area contributed by atoms with Gasteiger partial charge in [-0.25, -0.2) is 0 Å². The Morgan fingerprint density at radius 3 is 2.50 bits per heavy atom. The monoisotopic (exact) mass is 292 g/mol. The van der Waals surface area contributed by atoms with Crippen molar-refractivity contribution in [1.82, 2.24) is 0 Å². The average molecular weight is 292 g/mol. The molecule has 0 fully saturated rings. The van der Waals surface area contributed by atoms with E-state index in [0.717, 1.165) is 4.90 Å². The molecule has 0 aromatic heterocycles. The molecule has 20 heavy (non-hydrogen) atoms. The highest BCUT2D eigenvalue weighted by molar-refractivity contribution is 5.61. The zero-order valence-electron chi connectivity index (χ0n) is 11.4. The molecule has 0 saturated heterocycles. The van der Waals surface area contributed by atoms with Crippen molar-refractivity contribution in [1.29, 1.82) is 0 Å². The molecule has 1 rings (SSSR count). The Kier molecular flexibility index (Phi) is 5.64. The number of aliphatic hydroxyl groups is 1. The number of rotatable bonds is 6. The highest BCUT2D eigenvalue weighted by Gasteiger charge is 2.32. The quantitative estimate of drug-likeness (QED) is 0.843. The number of aliphatic hydroxyl groups excluding tert-OH is 1. The minimum atomic E-state index is -4.37. The lowest BCUT2D eigenvalue weighted by Crippen LogP contribution is -2.37. The lowest BCUT2D eigenvalue weighted by Gasteiger charge is -2.29. The first-order valence-electron chi connectivity index (χ1n) is 6.15. The fourth-order valence-corrected chi connectivity index (χ4v) is 2.07. The summed E-state index contributed by atoms with van der Waals surface area (Å²) in [6.45, 7) is 0.00456. The fourth-order valence-electron chi connectivity index (χ4n) is 2.07. The molecule has 1 atom stereocenters. The minimum absolute atomic E-state index is 0.133. The third-order valence-electron chi connectivity index (χ3n) is 2.80. The van der Waals surface area contributed by atoms with E-state index < -0.39 is 18.8 Å². The van der Waals surface area contributed by atoms with E-state index in [2.05, 4.69) is 0 Å². The Morgan fingerprint density at radius 1 is 1.40 bits per heavy atom. The van der Waals surface area contributed by atoms with Crippen LogP contribution >= 0.6 is 0 Å². The van der Waals surface area contributed by atoms with Gasteiger partial charge in [-0.2, -0.15) is 13.2 Å². The lowest BCUT2D eigenvalue weighted by atomic mass is 10.0. The smallest absolute Gasteiger partial charge is 0.405 e. The van der Waals surface area contributed by atoms with Crippen LogP contribution in [0, 0.1) is 0 Å². The van der Waals surface area contributed by atoms with E-state index in [4.69, 9.17) is 15.6 Å². The predicted molar refractivity (Wildman–Crippen MR) is 71.0 cm³/mol. The van der Waals surface area contributed by atoms with Crippen LogP contribution in [0.1, 0.15) is 18.5 Å². The number of nitrogens with zero attached hydrogens (tertiary/aromatic N) is 1. The molecule has 0 aliphatic carbocycles. The van der Waals surface area contributed by atoms with E-state index in [0.29, 0.717) is 17.0 Å². The van der Waals surface area contributed by atoms with Gasteiger partial charge in [0.05, 0.1) is 13.7 Å². The summed E-state index contributed by atoms with van der Waals surface area (Å²) < 4.78 is 43.1. The van der Waals surface area contributed by atoms with Crippen LogP contribution in [0.2, 0.25) is 0 Å². The molecule has 0 aliphatic rings. The van der Waals surface area contributed by atoms with E-state index in [-0.39, 0.29) is 13.2 Å². The third kappa shape index (κ3) is 4.28. The molecular weight excluding hydrogens is 273 g/mol. The Morgan fingerprint density at radius 2 is 2.05 bits per heavy atom. The maximum atomic E-state index is 12.6. The summed E-state index contributed by atoms with van der Waals surface area (Å²) in [5.74, 6) is 0.433. The molecule has 3 N–H and O–H groups in total. The molecule has 0 bridgehead atoms. The van der Waals surface area contributed by atoms with E-state index in [1.807, 2.05) is 0 Å². The summed E-state index contributed by atoms with van der Waals surface area (Å²) in [7, 11) is 1.44. The summed E-state index contributed by atoms with van der Waals surface area (Å²) >= 11 is 0. The normalized spacial score (nSPS) is 13.2. The summed E-state index contributed by atoms with van der Waals surface area (Å²) in [5.41, 5.74) is 6.66. The van der Waals surface area contributed by atoms with Crippen molar-refractivity contribution >= 4 is 5.69 Å². The van der Waals surface area contributed by atoms with Gasteiger partial charge in [0, 0.05) is 23.8 Å². The number of hydrogen-bond acceptors (Lipinski definition) is 4. The molecule has 4 nitrogen and oxygen atoms in total. The van der Waals surface area contributed by atoms with Crippen molar-refractivity contribution in [2.24, 2.45) is 5.73 Å². The summed E-state index contributed by atoms with van der Waals surface area (Å²) in [6.07, 6.45) is -4.37. The third-order valence-corrected chi connectivity index (χ3v) is 2.80. The molecule has 0 amide bonds. The standard InChI is InChI=1S/C13H19F3N2O2/c1-9(17)12-10(4-3-5-11(12)20-2)18(6-7-19)8-13(14,15)16/h3-5,9,19H,6-8,17H2,1-2H3/t9-/m1/s1. The second-order valence-corrected chi connectivity index (χ2v) is 4.44. The first-order valence-corrected chi connectivity index (χ1v) is 6.15. The SMILES string of the molecule is COc1cccc(N(CCO)CC(F)(F)F)c1[C@@H](C)N. The highest BCUT2D eigenvalue weighted by Crippen LogP contribution is 2.34. The van der Waals surface area contributed by atoms with Gasteiger partial charge in [0.15, 0.2) is 0 Å². The van der Waals surface area contributed by atoms with Gasteiger partial charge in [-0.05, 0) is 19.1 Å². The van der Waals surface area contributed by atoms with Gasteiger partial charge < -0.3 is 20.5 Å². The Hall–Kier alpha value is -1.47. The molecule has 0 aliphatic heterocycles. The van der Waals surface area contributed by atoms with Crippen LogP contribution in [-0.4, -0.2) is 38.1 Å². The predicted octanol–water partition coefficient (Wildman–Crippen LogP) is 2.08. The van der Waals surface area contributed by atoms with Crippen LogP contribution < -0.4 is 15.4 Å². The zero-order valence-corrected chi connectivity index (χ0v) is 11.4. The van der Waals surface area contributed by atoms with Crippen LogP contribution in [-0.2, 0) is 0 Å². The van der Waals surface area contributed by atoms with Crippen LogP contribution in [0.3, 0.4) is 0 Å². The molecule has 0 spiro atoms. The Bertz CT molecular complexity index is 436. The van der Waals surface area contributed by atoms with E-state index >= 15 is 0 Å². The largest absolute Gasteiger partial charge is 0.496 e. The molecule has 7 heteroatoms. The van der Waals surface area contributed by atoms with Crippen molar-refractivity contribution in [3.05, 3.63) is 23.8 Å². The molecule has 1 aromatic rings.